The molecule has 1 N–H and O–H groups in total. The highest BCUT2D eigenvalue weighted by atomic mass is 32.2. The minimum atomic E-state index is 0.918. The van der Waals surface area contributed by atoms with Crippen LogP contribution in [0.2, 0.25) is 0 Å². The van der Waals surface area contributed by atoms with Gasteiger partial charge in [-0.1, -0.05) is 23.9 Å². The Labute approximate surface area is 105 Å². The first-order valence-corrected chi connectivity index (χ1v) is 6.51. The van der Waals surface area contributed by atoms with Crippen LogP contribution >= 0.6 is 11.8 Å². The number of nitrogens with one attached hydrogen (secondary N) is 1. The van der Waals surface area contributed by atoms with Crippen LogP contribution in [0, 0.1) is 6.92 Å². The molecule has 2 rings (SSSR count). The standard InChI is InChI=1S/C12H16N4S/c1-10-4-3-5-11(8-10)13-6-7-17-12-14-9-15-16(12)2/h3-5,8-9,13H,6-7H2,1-2H3. The summed E-state index contributed by atoms with van der Waals surface area (Å²) < 4.78 is 1.79. The first-order valence-electron chi connectivity index (χ1n) is 5.53. The van der Waals surface area contributed by atoms with Crippen molar-refractivity contribution in [3.8, 4) is 0 Å². The molecule has 0 unspecified atom stereocenters. The smallest absolute Gasteiger partial charge is 0.185 e. The monoisotopic (exact) mass is 248 g/mol. The second kappa shape index (κ2) is 5.72. The number of hydrogen-bond donors (Lipinski definition) is 1. The molecule has 0 radical (unpaired) electrons. The summed E-state index contributed by atoms with van der Waals surface area (Å²) in [5.74, 6) is 0.973. The molecule has 4 nitrogen and oxygen atoms in total. The maximum atomic E-state index is 4.16. The maximum absolute atomic E-state index is 4.16. The van der Waals surface area contributed by atoms with Gasteiger partial charge in [-0.3, -0.25) is 0 Å². The number of aryl methyl sites for hydroxylation is 2. The summed E-state index contributed by atoms with van der Waals surface area (Å²) in [4.78, 5) is 4.16. The highest BCUT2D eigenvalue weighted by Gasteiger charge is 2.00. The van der Waals surface area contributed by atoms with E-state index in [4.69, 9.17) is 0 Å². The molecule has 0 aliphatic heterocycles. The fourth-order valence-corrected chi connectivity index (χ4v) is 2.25. The molecule has 1 heterocycles. The number of aromatic nitrogens is 3. The topological polar surface area (TPSA) is 42.7 Å². The molecule has 0 amide bonds. The Morgan fingerprint density at radius 1 is 1.41 bits per heavy atom. The molecule has 0 saturated carbocycles. The van der Waals surface area contributed by atoms with Crippen LogP contribution in [-0.4, -0.2) is 27.1 Å². The van der Waals surface area contributed by atoms with Gasteiger partial charge in [-0.25, -0.2) is 9.67 Å². The van der Waals surface area contributed by atoms with E-state index in [9.17, 15) is 0 Å². The van der Waals surface area contributed by atoms with E-state index in [1.54, 1.807) is 22.8 Å². The zero-order valence-electron chi connectivity index (χ0n) is 10.1. The van der Waals surface area contributed by atoms with Crippen molar-refractivity contribution < 1.29 is 0 Å². The van der Waals surface area contributed by atoms with Gasteiger partial charge >= 0.3 is 0 Å². The van der Waals surface area contributed by atoms with Gasteiger partial charge in [-0.15, -0.1) is 0 Å². The van der Waals surface area contributed by atoms with Crippen LogP contribution in [-0.2, 0) is 7.05 Å². The van der Waals surface area contributed by atoms with Gasteiger partial charge in [0.25, 0.3) is 0 Å². The van der Waals surface area contributed by atoms with Gasteiger partial charge in [0.05, 0.1) is 0 Å². The third-order valence-corrected chi connectivity index (χ3v) is 3.39. The minimum absolute atomic E-state index is 0.918. The van der Waals surface area contributed by atoms with Crippen molar-refractivity contribution in [2.45, 2.75) is 12.1 Å². The molecule has 2 aromatic rings. The molecule has 0 bridgehead atoms. The summed E-state index contributed by atoms with van der Waals surface area (Å²) in [6, 6.07) is 8.39. The number of anilines is 1. The number of nitrogens with zero attached hydrogens (tertiary/aromatic N) is 3. The number of hydrogen-bond acceptors (Lipinski definition) is 4. The summed E-state index contributed by atoms with van der Waals surface area (Å²) in [5, 5.41) is 8.37. The van der Waals surface area contributed by atoms with Gasteiger partial charge in [0.1, 0.15) is 6.33 Å². The van der Waals surface area contributed by atoms with Crippen molar-refractivity contribution in [1.29, 1.82) is 0 Å². The average molecular weight is 248 g/mol. The summed E-state index contributed by atoms with van der Waals surface area (Å²) in [7, 11) is 1.91. The van der Waals surface area contributed by atoms with Gasteiger partial charge in [-0.2, -0.15) is 5.10 Å². The zero-order chi connectivity index (χ0) is 12.1. The first-order chi connectivity index (χ1) is 8.25. The largest absolute Gasteiger partial charge is 0.384 e. The van der Waals surface area contributed by atoms with Gasteiger partial charge < -0.3 is 5.32 Å². The first kappa shape index (κ1) is 12.0. The van der Waals surface area contributed by atoms with Crippen LogP contribution < -0.4 is 5.32 Å². The Kier molecular flexibility index (Phi) is 4.03. The third-order valence-electron chi connectivity index (χ3n) is 2.35. The molecule has 0 aliphatic rings. The minimum Gasteiger partial charge on any atom is -0.384 e. The number of thioether (sulfide) groups is 1. The lowest BCUT2D eigenvalue weighted by molar-refractivity contribution is 0.685. The SMILES string of the molecule is Cc1cccc(NCCSc2ncnn2C)c1. The lowest BCUT2D eigenvalue weighted by atomic mass is 10.2. The highest BCUT2D eigenvalue weighted by molar-refractivity contribution is 7.99. The quantitative estimate of drug-likeness (QED) is 0.651. The lowest BCUT2D eigenvalue weighted by Crippen LogP contribution is -2.05. The van der Waals surface area contributed by atoms with Crippen molar-refractivity contribution in [3.63, 3.8) is 0 Å². The van der Waals surface area contributed by atoms with E-state index in [1.807, 2.05) is 7.05 Å². The number of rotatable bonds is 5. The zero-order valence-corrected chi connectivity index (χ0v) is 10.9. The van der Waals surface area contributed by atoms with Crippen LogP contribution in [0.15, 0.2) is 35.7 Å². The van der Waals surface area contributed by atoms with E-state index in [1.165, 1.54) is 11.3 Å². The van der Waals surface area contributed by atoms with E-state index in [2.05, 4.69) is 46.6 Å². The molecule has 0 fully saturated rings. The van der Waals surface area contributed by atoms with Gasteiger partial charge in [0.15, 0.2) is 5.16 Å². The molecule has 1 aromatic carbocycles. The van der Waals surface area contributed by atoms with E-state index in [0.29, 0.717) is 0 Å². The fourth-order valence-electron chi connectivity index (χ4n) is 1.51. The predicted octanol–water partition coefficient (Wildman–Crippen LogP) is 2.33. The van der Waals surface area contributed by atoms with E-state index in [0.717, 1.165) is 17.5 Å². The molecular weight excluding hydrogens is 232 g/mol. The molecule has 0 aliphatic carbocycles. The van der Waals surface area contributed by atoms with Crippen LogP contribution in [0.4, 0.5) is 5.69 Å². The molecule has 0 saturated heterocycles. The van der Waals surface area contributed by atoms with Gasteiger partial charge in [-0.05, 0) is 24.6 Å². The highest BCUT2D eigenvalue weighted by Crippen LogP contribution is 2.14. The van der Waals surface area contributed by atoms with Crippen molar-refractivity contribution in [3.05, 3.63) is 36.2 Å². The molecule has 0 atom stereocenters. The second-order valence-electron chi connectivity index (χ2n) is 3.81. The maximum Gasteiger partial charge on any atom is 0.185 e. The van der Waals surface area contributed by atoms with E-state index >= 15 is 0 Å². The Morgan fingerprint density at radius 2 is 2.29 bits per heavy atom. The van der Waals surface area contributed by atoms with Gasteiger partial charge in [0.2, 0.25) is 0 Å². The average Bonchev–Trinajstić information content (AvgIpc) is 2.71. The molecule has 90 valence electrons. The Balaban J connectivity index is 1.75. The van der Waals surface area contributed by atoms with Crippen LogP contribution in [0.1, 0.15) is 5.56 Å². The van der Waals surface area contributed by atoms with Gasteiger partial charge in [0, 0.05) is 25.0 Å². The second-order valence-corrected chi connectivity index (χ2v) is 4.87. The van der Waals surface area contributed by atoms with E-state index in [-0.39, 0.29) is 0 Å². The van der Waals surface area contributed by atoms with Crippen molar-refractivity contribution >= 4 is 17.4 Å². The summed E-state index contributed by atoms with van der Waals surface area (Å²) in [6.07, 6.45) is 1.58. The van der Waals surface area contributed by atoms with Crippen molar-refractivity contribution in [1.82, 2.24) is 14.8 Å². The molecular formula is C12H16N4S. The van der Waals surface area contributed by atoms with Crippen molar-refractivity contribution in [2.75, 3.05) is 17.6 Å². The van der Waals surface area contributed by atoms with Crippen molar-refractivity contribution in [2.24, 2.45) is 7.05 Å². The van der Waals surface area contributed by atoms with Crippen LogP contribution in [0.5, 0.6) is 0 Å². The van der Waals surface area contributed by atoms with E-state index < -0.39 is 0 Å². The molecule has 1 aromatic heterocycles. The molecule has 17 heavy (non-hydrogen) atoms. The Bertz CT molecular complexity index is 481. The predicted molar refractivity (Wildman–Crippen MR) is 71.4 cm³/mol. The Morgan fingerprint density at radius 3 is 3.00 bits per heavy atom. The third kappa shape index (κ3) is 3.49. The summed E-state index contributed by atoms with van der Waals surface area (Å²) in [5.41, 5.74) is 2.44. The number of benzene rings is 1. The lowest BCUT2D eigenvalue weighted by Gasteiger charge is -2.06. The fraction of sp³-hybridized carbons (Fsp3) is 0.333. The molecule has 0 spiro atoms. The summed E-state index contributed by atoms with van der Waals surface area (Å²) >= 11 is 1.70. The van der Waals surface area contributed by atoms with Crippen LogP contribution in [0.3, 0.4) is 0 Å². The van der Waals surface area contributed by atoms with Crippen LogP contribution in [0.25, 0.3) is 0 Å². The Hall–Kier alpha value is -1.49. The molecule has 5 heteroatoms. The summed E-state index contributed by atoms with van der Waals surface area (Å²) in [6.45, 7) is 3.01. The normalized spacial score (nSPS) is 10.5.